The Morgan fingerprint density at radius 2 is 1.72 bits per heavy atom. The summed E-state index contributed by atoms with van der Waals surface area (Å²) in [6.45, 7) is 4.00. The monoisotopic (exact) mass is 451 g/mol. The number of hydrogen-bond acceptors (Lipinski definition) is 6. The molecule has 2 amide bonds. The minimum Gasteiger partial charge on any atom is -0.489 e. The number of amides is 2. The predicted molar refractivity (Wildman–Crippen MR) is 124 cm³/mol. The number of non-ortho nitro benzene ring substituents is 1. The zero-order valence-electron chi connectivity index (χ0n) is 17.6. The standard InChI is InChI=1S/C23H21N3O5S/c1-4-5-17-12-16(13-19-21(27)24(2)23(32)25(3)22(19)28)8-11-20(17)31-14-15-6-9-18(10-7-15)26(29)30/h4,6-13H,1,5,14H2,2-3H3. The van der Waals surface area contributed by atoms with Crippen LogP contribution in [-0.4, -0.2) is 45.7 Å². The van der Waals surface area contributed by atoms with Crippen molar-refractivity contribution in [3.63, 3.8) is 0 Å². The molecule has 2 aromatic rings. The number of allylic oxidation sites excluding steroid dienone is 1. The third-order valence-electron chi connectivity index (χ3n) is 4.95. The summed E-state index contributed by atoms with van der Waals surface area (Å²) in [5.41, 5.74) is 2.31. The maximum absolute atomic E-state index is 12.5. The van der Waals surface area contributed by atoms with Crippen molar-refractivity contribution in [2.45, 2.75) is 13.0 Å². The van der Waals surface area contributed by atoms with Crippen molar-refractivity contribution >= 4 is 40.9 Å². The summed E-state index contributed by atoms with van der Waals surface area (Å²) in [6, 6.07) is 11.5. The van der Waals surface area contributed by atoms with E-state index in [0.29, 0.717) is 17.7 Å². The number of carbonyl (C=O) groups is 2. The number of hydrogen-bond donors (Lipinski definition) is 0. The van der Waals surface area contributed by atoms with Gasteiger partial charge in [0.1, 0.15) is 17.9 Å². The van der Waals surface area contributed by atoms with Gasteiger partial charge in [0, 0.05) is 26.2 Å². The third-order valence-corrected chi connectivity index (χ3v) is 5.49. The molecule has 0 spiro atoms. The van der Waals surface area contributed by atoms with Crippen LogP contribution in [0.15, 0.2) is 60.7 Å². The Hall–Kier alpha value is -3.85. The van der Waals surface area contributed by atoms with Gasteiger partial charge < -0.3 is 4.74 Å². The van der Waals surface area contributed by atoms with E-state index in [0.717, 1.165) is 11.1 Å². The van der Waals surface area contributed by atoms with Gasteiger partial charge in [-0.2, -0.15) is 0 Å². The molecule has 1 aliphatic rings. The first-order chi connectivity index (χ1) is 15.2. The fourth-order valence-electron chi connectivity index (χ4n) is 3.16. The molecule has 0 atom stereocenters. The second-order valence-corrected chi connectivity index (χ2v) is 7.51. The van der Waals surface area contributed by atoms with Crippen LogP contribution in [0.5, 0.6) is 5.75 Å². The van der Waals surface area contributed by atoms with Crippen LogP contribution in [0, 0.1) is 10.1 Å². The topological polar surface area (TPSA) is 93.0 Å². The summed E-state index contributed by atoms with van der Waals surface area (Å²) in [7, 11) is 3.06. The number of carbonyl (C=O) groups excluding carboxylic acids is 2. The van der Waals surface area contributed by atoms with Crippen molar-refractivity contribution < 1.29 is 19.2 Å². The first-order valence-corrected chi connectivity index (χ1v) is 10.1. The Balaban J connectivity index is 1.84. The molecule has 0 saturated carbocycles. The minimum absolute atomic E-state index is 0.0161. The van der Waals surface area contributed by atoms with Gasteiger partial charge in [-0.05, 0) is 65.7 Å². The quantitative estimate of drug-likeness (QED) is 0.160. The molecule has 0 bridgehead atoms. The van der Waals surface area contributed by atoms with E-state index in [-0.39, 0.29) is 23.0 Å². The summed E-state index contributed by atoms with van der Waals surface area (Å²) in [5, 5.41) is 10.9. The van der Waals surface area contributed by atoms with Gasteiger partial charge in [0.2, 0.25) is 0 Å². The van der Waals surface area contributed by atoms with Crippen molar-refractivity contribution in [1.82, 2.24) is 9.80 Å². The molecule has 1 aliphatic heterocycles. The number of benzene rings is 2. The fourth-order valence-corrected chi connectivity index (χ4v) is 3.33. The number of thiocarbonyl (C=S) groups is 1. The van der Waals surface area contributed by atoms with Gasteiger partial charge in [-0.15, -0.1) is 6.58 Å². The molecule has 164 valence electrons. The summed E-state index contributed by atoms with van der Waals surface area (Å²) in [4.78, 5) is 37.9. The van der Waals surface area contributed by atoms with Crippen molar-refractivity contribution in [3.05, 3.63) is 87.5 Å². The van der Waals surface area contributed by atoms with Gasteiger partial charge in [-0.1, -0.05) is 12.1 Å². The van der Waals surface area contributed by atoms with E-state index in [1.165, 1.54) is 42.1 Å². The van der Waals surface area contributed by atoms with E-state index in [1.54, 1.807) is 30.3 Å². The van der Waals surface area contributed by atoms with E-state index in [4.69, 9.17) is 17.0 Å². The minimum atomic E-state index is -0.457. The Morgan fingerprint density at radius 1 is 1.09 bits per heavy atom. The highest BCUT2D eigenvalue weighted by Crippen LogP contribution is 2.25. The van der Waals surface area contributed by atoms with Gasteiger partial charge in [-0.3, -0.25) is 29.5 Å². The zero-order valence-corrected chi connectivity index (χ0v) is 18.4. The summed E-state index contributed by atoms with van der Waals surface area (Å²) < 4.78 is 5.91. The molecule has 8 nitrogen and oxygen atoms in total. The van der Waals surface area contributed by atoms with Gasteiger partial charge in [-0.25, -0.2) is 0 Å². The zero-order chi connectivity index (χ0) is 23.4. The highest BCUT2D eigenvalue weighted by atomic mass is 32.1. The van der Waals surface area contributed by atoms with Crippen molar-refractivity contribution in [2.24, 2.45) is 0 Å². The van der Waals surface area contributed by atoms with Crippen LogP contribution in [-0.2, 0) is 22.6 Å². The molecule has 2 aromatic carbocycles. The Morgan fingerprint density at radius 3 is 2.28 bits per heavy atom. The first kappa shape index (κ1) is 22.8. The molecule has 9 heteroatoms. The Bertz CT molecular complexity index is 1110. The van der Waals surface area contributed by atoms with Crippen LogP contribution in [0.4, 0.5) is 5.69 Å². The second kappa shape index (κ2) is 9.52. The number of nitro benzene ring substituents is 1. The first-order valence-electron chi connectivity index (χ1n) is 9.64. The number of ether oxygens (including phenoxy) is 1. The van der Waals surface area contributed by atoms with Crippen LogP contribution < -0.4 is 4.74 Å². The number of likely N-dealkylation sites (N-methyl/N-ethyl adjacent to an activating group) is 2. The summed E-state index contributed by atoms with van der Waals surface area (Å²) in [6.07, 6.45) is 3.77. The number of nitrogens with zero attached hydrogens (tertiary/aromatic N) is 3. The van der Waals surface area contributed by atoms with Crippen LogP contribution in [0.25, 0.3) is 6.08 Å². The van der Waals surface area contributed by atoms with E-state index < -0.39 is 16.7 Å². The smallest absolute Gasteiger partial charge is 0.269 e. The number of nitro groups is 1. The lowest BCUT2D eigenvalue weighted by Crippen LogP contribution is -2.52. The van der Waals surface area contributed by atoms with Crippen molar-refractivity contribution in [1.29, 1.82) is 0 Å². The van der Waals surface area contributed by atoms with Crippen LogP contribution in [0.3, 0.4) is 0 Å². The molecular weight excluding hydrogens is 430 g/mol. The maximum Gasteiger partial charge on any atom is 0.269 e. The normalized spacial score (nSPS) is 13.9. The predicted octanol–water partition coefficient (Wildman–Crippen LogP) is 3.50. The molecule has 0 unspecified atom stereocenters. The van der Waals surface area contributed by atoms with Gasteiger partial charge in [0.05, 0.1) is 4.92 Å². The lowest BCUT2D eigenvalue weighted by molar-refractivity contribution is -0.384. The largest absolute Gasteiger partial charge is 0.489 e. The summed E-state index contributed by atoms with van der Waals surface area (Å²) >= 11 is 5.11. The van der Waals surface area contributed by atoms with Gasteiger partial charge in [0.25, 0.3) is 17.5 Å². The van der Waals surface area contributed by atoms with Crippen LogP contribution >= 0.6 is 12.2 Å². The summed E-state index contributed by atoms with van der Waals surface area (Å²) in [5.74, 6) is -0.300. The van der Waals surface area contributed by atoms with E-state index in [9.17, 15) is 19.7 Å². The maximum atomic E-state index is 12.5. The average Bonchev–Trinajstić information content (AvgIpc) is 2.79. The molecule has 1 saturated heterocycles. The lowest BCUT2D eigenvalue weighted by Gasteiger charge is -2.31. The lowest BCUT2D eigenvalue weighted by atomic mass is 10.0. The fraction of sp³-hybridized carbons (Fsp3) is 0.174. The van der Waals surface area contributed by atoms with Gasteiger partial charge in [0.15, 0.2) is 5.11 Å². The van der Waals surface area contributed by atoms with Crippen molar-refractivity contribution in [2.75, 3.05) is 14.1 Å². The second-order valence-electron chi connectivity index (χ2n) is 7.14. The van der Waals surface area contributed by atoms with E-state index in [1.807, 2.05) is 6.07 Å². The average molecular weight is 452 g/mol. The number of rotatable bonds is 7. The molecule has 0 aliphatic carbocycles. The SMILES string of the molecule is C=CCc1cc(C=C2C(=O)N(C)C(=S)N(C)C2=O)ccc1OCc1ccc([N+](=O)[O-])cc1. The molecule has 0 radical (unpaired) electrons. The molecule has 3 rings (SSSR count). The molecule has 1 heterocycles. The molecule has 32 heavy (non-hydrogen) atoms. The highest BCUT2D eigenvalue weighted by Gasteiger charge is 2.35. The van der Waals surface area contributed by atoms with E-state index in [2.05, 4.69) is 6.58 Å². The van der Waals surface area contributed by atoms with E-state index >= 15 is 0 Å². The Labute approximate surface area is 190 Å². The third kappa shape index (κ3) is 4.73. The van der Waals surface area contributed by atoms with Crippen LogP contribution in [0.2, 0.25) is 0 Å². The highest BCUT2D eigenvalue weighted by molar-refractivity contribution is 7.80. The van der Waals surface area contributed by atoms with Gasteiger partial charge >= 0.3 is 0 Å². The molecule has 1 fully saturated rings. The molecule has 0 aromatic heterocycles. The van der Waals surface area contributed by atoms with Crippen molar-refractivity contribution in [3.8, 4) is 5.75 Å². The Kier molecular flexibility index (Phi) is 6.79. The molecular formula is C23H21N3O5S. The molecule has 0 N–H and O–H groups in total. The van der Waals surface area contributed by atoms with Crippen LogP contribution in [0.1, 0.15) is 16.7 Å².